The zero-order valence-corrected chi connectivity index (χ0v) is 28.5. The van der Waals surface area contributed by atoms with Crippen molar-refractivity contribution in [1.82, 2.24) is 0 Å². The van der Waals surface area contributed by atoms with Crippen molar-refractivity contribution in [1.29, 1.82) is 0 Å². The maximum atomic E-state index is 14.2. The number of alkyl halides is 3. The fraction of sp³-hybridized carbons (Fsp3) is 0.447. The summed E-state index contributed by atoms with van der Waals surface area (Å²) in [5, 5.41) is 8.61. The lowest BCUT2D eigenvalue weighted by molar-refractivity contribution is -0.146. The van der Waals surface area contributed by atoms with E-state index in [1.165, 1.54) is 0 Å². The lowest BCUT2D eigenvalue weighted by Crippen LogP contribution is -2.18. The van der Waals surface area contributed by atoms with E-state index in [0.29, 0.717) is 23.3 Å². The van der Waals surface area contributed by atoms with Crippen LogP contribution in [0.25, 0.3) is 0 Å². The first-order valence-electron chi connectivity index (χ1n) is 16.4. The van der Waals surface area contributed by atoms with Crippen LogP contribution in [0.5, 0.6) is 0 Å². The number of carboxylic acid groups (broad SMARTS) is 1. The monoisotopic (exact) mass is 657 g/mol. The molecule has 0 saturated heterocycles. The van der Waals surface area contributed by atoms with Crippen LogP contribution in [0, 0.1) is 17.8 Å². The summed E-state index contributed by atoms with van der Waals surface area (Å²) in [6.07, 6.45) is 0.578. The highest BCUT2D eigenvalue weighted by Gasteiger charge is 2.62. The van der Waals surface area contributed by atoms with Gasteiger partial charge in [0.25, 0.3) is 0 Å². The molecule has 3 saturated carbocycles. The molecular formula is C38H50F3NO5. The van der Waals surface area contributed by atoms with Gasteiger partial charge in [0, 0.05) is 19.3 Å². The van der Waals surface area contributed by atoms with E-state index < -0.39 is 52.6 Å². The Morgan fingerprint density at radius 2 is 0.936 bits per heavy atom. The molecule has 258 valence electrons. The number of benzene rings is 3. The number of aliphatic carboxylic acids is 1. The summed E-state index contributed by atoms with van der Waals surface area (Å²) in [5.74, 6) is -4.12. The normalized spacial score (nSPS) is 26.8. The van der Waals surface area contributed by atoms with E-state index >= 15 is 0 Å². The maximum absolute atomic E-state index is 14.2. The molecule has 1 amide bonds. The Balaban J connectivity index is 0.000000327. The first kappa shape index (κ1) is 40.9. The van der Waals surface area contributed by atoms with Gasteiger partial charge in [-0.15, -0.1) is 0 Å². The minimum Gasteiger partial charge on any atom is -0.481 e. The molecule has 6 atom stereocenters. The third-order valence-corrected chi connectivity index (χ3v) is 7.65. The van der Waals surface area contributed by atoms with Crippen molar-refractivity contribution in [3.8, 4) is 0 Å². The van der Waals surface area contributed by atoms with Crippen LogP contribution in [0.15, 0.2) is 91.0 Å². The van der Waals surface area contributed by atoms with Gasteiger partial charge in [0.1, 0.15) is 17.0 Å². The minimum absolute atomic E-state index is 0.104. The van der Waals surface area contributed by atoms with Crippen molar-refractivity contribution in [2.24, 2.45) is 23.5 Å². The first-order chi connectivity index (χ1) is 22.5. The smallest absolute Gasteiger partial charge is 0.312 e. The van der Waals surface area contributed by atoms with E-state index in [0.717, 1.165) is 0 Å². The molecule has 0 aromatic heterocycles. The van der Waals surface area contributed by atoms with Gasteiger partial charge in [-0.25, -0.2) is 13.2 Å². The third-order valence-electron chi connectivity index (χ3n) is 7.65. The molecule has 0 radical (unpaired) electrons. The van der Waals surface area contributed by atoms with Crippen LogP contribution in [0.2, 0.25) is 0 Å². The van der Waals surface area contributed by atoms with Gasteiger partial charge in [-0.1, -0.05) is 133 Å². The van der Waals surface area contributed by atoms with Gasteiger partial charge >= 0.3 is 11.9 Å². The number of nitrogens with two attached hydrogens (primary N) is 1. The highest BCUT2D eigenvalue weighted by Crippen LogP contribution is 2.57. The predicted molar refractivity (Wildman–Crippen MR) is 180 cm³/mol. The van der Waals surface area contributed by atoms with Crippen molar-refractivity contribution in [2.45, 2.75) is 84.7 Å². The molecule has 3 fully saturated rings. The summed E-state index contributed by atoms with van der Waals surface area (Å²) in [7, 11) is 0. The molecule has 3 aliphatic carbocycles. The van der Waals surface area contributed by atoms with Crippen molar-refractivity contribution >= 4 is 17.8 Å². The predicted octanol–water partition coefficient (Wildman–Crippen LogP) is 8.83. The second-order valence-corrected chi connectivity index (χ2v) is 10.4. The lowest BCUT2D eigenvalue weighted by Gasteiger charge is -2.07. The molecular weight excluding hydrogens is 607 g/mol. The second-order valence-electron chi connectivity index (χ2n) is 10.4. The number of primary amides is 1. The van der Waals surface area contributed by atoms with Gasteiger partial charge in [-0.3, -0.25) is 14.4 Å². The van der Waals surface area contributed by atoms with Crippen molar-refractivity contribution in [3.05, 3.63) is 108 Å². The first-order valence-corrected chi connectivity index (χ1v) is 16.4. The molecule has 6 unspecified atom stereocenters. The van der Waals surface area contributed by atoms with Crippen LogP contribution in [0.4, 0.5) is 13.2 Å². The van der Waals surface area contributed by atoms with Crippen molar-refractivity contribution < 1.29 is 37.4 Å². The summed E-state index contributed by atoms with van der Waals surface area (Å²) in [6, 6.07) is 26.0. The molecule has 0 aliphatic heterocycles. The lowest BCUT2D eigenvalue weighted by atomic mass is 10.1. The summed E-state index contributed by atoms with van der Waals surface area (Å²) >= 11 is 0. The minimum atomic E-state index is -1.62. The van der Waals surface area contributed by atoms with Crippen LogP contribution >= 0.6 is 0 Å². The van der Waals surface area contributed by atoms with Gasteiger partial charge in [-0.05, 0) is 23.6 Å². The number of ether oxygens (including phenoxy) is 1. The Morgan fingerprint density at radius 1 is 0.638 bits per heavy atom. The fourth-order valence-electron chi connectivity index (χ4n) is 4.94. The molecule has 0 spiro atoms. The van der Waals surface area contributed by atoms with E-state index in [1.54, 1.807) is 85.8 Å². The average Bonchev–Trinajstić information content (AvgIpc) is 4.07. The van der Waals surface area contributed by atoms with Gasteiger partial charge in [0.2, 0.25) is 5.91 Å². The van der Waals surface area contributed by atoms with E-state index in [1.807, 2.05) is 53.7 Å². The summed E-state index contributed by atoms with van der Waals surface area (Å²) in [6.45, 7) is 14.0. The van der Waals surface area contributed by atoms with Gasteiger partial charge < -0.3 is 15.6 Å². The van der Waals surface area contributed by atoms with E-state index in [2.05, 4.69) is 0 Å². The number of hydrogen-bond donors (Lipinski definition) is 2. The summed E-state index contributed by atoms with van der Waals surface area (Å²) in [5.41, 5.74) is 2.03. The topological polar surface area (TPSA) is 107 Å². The molecule has 6 rings (SSSR count). The van der Waals surface area contributed by atoms with Crippen LogP contribution in [-0.2, 0) is 36.1 Å². The molecule has 47 heavy (non-hydrogen) atoms. The highest BCUT2D eigenvalue weighted by atomic mass is 19.2. The number of rotatable bonds is 7. The van der Waals surface area contributed by atoms with Crippen LogP contribution in [0.1, 0.15) is 84.4 Å². The number of carbonyl (C=O) groups excluding carboxylic acids is 2. The standard InChI is InChI=1S/C12H13FO2.C10H10FNO.C10H9FO2.3C2H6/c1-2-15-11(14)10-8-12(10,13)9-6-4-3-5-7-9;2*11-10(6-8(10)9(12)13)7-4-2-1-3-5-7;3*1-2/h3-7,10H,2,8H2,1H3;1-5,8H,6H2,(H2,12,13);1-5,8H,6H2,(H,12,13);3*1-2H3. The van der Waals surface area contributed by atoms with Gasteiger partial charge in [0.15, 0.2) is 0 Å². The van der Waals surface area contributed by atoms with E-state index in [9.17, 15) is 27.6 Å². The highest BCUT2D eigenvalue weighted by molar-refractivity contribution is 5.82. The summed E-state index contributed by atoms with van der Waals surface area (Å²) in [4.78, 5) is 32.6. The molecule has 0 bridgehead atoms. The van der Waals surface area contributed by atoms with Crippen LogP contribution < -0.4 is 5.73 Å². The zero-order valence-electron chi connectivity index (χ0n) is 28.5. The van der Waals surface area contributed by atoms with E-state index in [-0.39, 0.29) is 19.3 Å². The van der Waals surface area contributed by atoms with Crippen LogP contribution in [0.3, 0.4) is 0 Å². The Morgan fingerprint density at radius 3 is 1.21 bits per heavy atom. The number of halogens is 3. The Hall–Kier alpha value is -4.14. The van der Waals surface area contributed by atoms with Crippen molar-refractivity contribution in [2.75, 3.05) is 6.61 Å². The number of carboxylic acids is 1. The zero-order chi connectivity index (χ0) is 35.8. The maximum Gasteiger partial charge on any atom is 0.312 e. The van der Waals surface area contributed by atoms with E-state index in [4.69, 9.17) is 15.6 Å². The second kappa shape index (κ2) is 18.9. The number of esters is 1. The van der Waals surface area contributed by atoms with Gasteiger partial charge in [-0.2, -0.15) is 0 Å². The number of hydrogen-bond acceptors (Lipinski definition) is 4. The number of amides is 1. The number of carbonyl (C=O) groups is 3. The summed E-state index contributed by atoms with van der Waals surface area (Å²) < 4.78 is 46.6. The molecule has 3 aromatic rings. The van der Waals surface area contributed by atoms with Crippen molar-refractivity contribution in [3.63, 3.8) is 0 Å². The largest absolute Gasteiger partial charge is 0.481 e. The Labute approximate surface area is 277 Å². The average molecular weight is 658 g/mol. The fourth-order valence-corrected chi connectivity index (χ4v) is 4.94. The molecule has 3 N–H and O–H groups in total. The third kappa shape index (κ3) is 10.4. The molecule has 0 heterocycles. The Kier molecular flexibility index (Phi) is 16.4. The Bertz CT molecular complexity index is 1310. The van der Waals surface area contributed by atoms with Gasteiger partial charge in [0.05, 0.1) is 24.4 Å². The molecule has 6 nitrogen and oxygen atoms in total. The molecule has 3 aliphatic rings. The SMILES string of the molecule is CC.CC.CC.CCOC(=O)C1CC1(F)c1ccccc1.NC(=O)C1CC1(F)c1ccccc1.O=C(O)C1CC1(F)c1ccccc1. The molecule has 9 heteroatoms. The molecule has 3 aromatic carbocycles. The van der Waals surface area contributed by atoms with Crippen LogP contribution in [-0.4, -0.2) is 29.6 Å². The quantitative estimate of drug-likeness (QED) is 0.247.